The van der Waals surface area contributed by atoms with Gasteiger partial charge in [-0.15, -0.1) is 10.2 Å². The number of carbonyl (C=O) groups excluding carboxylic acids is 2. The molecular weight excluding hydrogens is 410 g/mol. The number of anilines is 2. The smallest absolute Gasteiger partial charge is 0.234 e. The Morgan fingerprint density at radius 3 is 2.69 bits per heavy atom. The summed E-state index contributed by atoms with van der Waals surface area (Å²) in [5.74, 6) is -0.194. The maximum Gasteiger partial charge on any atom is 0.234 e. The van der Waals surface area contributed by atoms with Crippen molar-refractivity contribution in [3.63, 3.8) is 0 Å². The number of thioether (sulfide) groups is 1. The number of nitrogens with zero attached hydrogens (tertiary/aromatic N) is 3. The predicted octanol–water partition coefficient (Wildman–Crippen LogP) is 4.23. The third-order valence-corrected chi connectivity index (χ3v) is 5.23. The lowest BCUT2D eigenvalue weighted by Gasteiger charge is -2.12. The number of nitrogens with one attached hydrogen (secondary N) is 2. The molecule has 0 unspecified atom stereocenters. The van der Waals surface area contributed by atoms with E-state index in [0.29, 0.717) is 21.6 Å². The van der Waals surface area contributed by atoms with Crippen molar-refractivity contribution in [2.24, 2.45) is 0 Å². The fourth-order valence-electron chi connectivity index (χ4n) is 2.82. The highest BCUT2D eigenvalue weighted by molar-refractivity contribution is 7.99. The molecule has 2 amide bonds. The summed E-state index contributed by atoms with van der Waals surface area (Å²) in [5, 5.41) is 14.7. The minimum atomic E-state index is -0.189. The van der Waals surface area contributed by atoms with Gasteiger partial charge in [-0.05, 0) is 49.2 Å². The van der Waals surface area contributed by atoms with Gasteiger partial charge in [0.05, 0.1) is 22.2 Å². The molecule has 3 aromatic rings. The average molecular weight is 430 g/mol. The van der Waals surface area contributed by atoms with Crippen LogP contribution in [0.3, 0.4) is 0 Å². The number of aryl methyl sites for hydroxylation is 2. The predicted molar refractivity (Wildman–Crippen MR) is 116 cm³/mol. The first-order valence-corrected chi connectivity index (χ1v) is 10.2. The molecule has 2 N–H and O–H groups in total. The molecular formula is C20H20ClN5O2S. The molecule has 0 aliphatic rings. The molecule has 0 fully saturated rings. The molecule has 150 valence electrons. The van der Waals surface area contributed by atoms with Gasteiger partial charge < -0.3 is 10.6 Å². The van der Waals surface area contributed by atoms with Crippen LogP contribution in [0.1, 0.15) is 18.1 Å². The van der Waals surface area contributed by atoms with E-state index in [2.05, 4.69) is 20.8 Å². The highest BCUT2D eigenvalue weighted by atomic mass is 35.5. The standard InChI is InChI=1S/C20H20ClN5O2S/c1-12-7-13(2)19(17(21)8-12)24-18(28)10-29-20-25-22-11-26(20)16-6-4-5-15(9-16)23-14(3)27/h4-9,11H,10H2,1-3H3,(H,23,27)(H,24,28). The Hall–Kier alpha value is -2.84. The second kappa shape index (κ2) is 9.11. The van der Waals surface area contributed by atoms with Crippen LogP contribution in [-0.2, 0) is 9.59 Å². The first-order chi connectivity index (χ1) is 13.8. The van der Waals surface area contributed by atoms with Gasteiger partial charge in [0.1, 0.15) is 6.33 Å². The minimum absolute atomic E-state index is 0.147. The van der Waals surface area contributed by atoms with Gasteiger partial charge in [-0.2, -0.15) is 0 Å². The zero-order valence-corrected chi connectivity index (χ0v) is 17.8. The van der Waals surface area contributed by atoms with E-state index in [1.54, 1.807) is 17.0 Å². The number of aromatic nitrogens is 3. The van der Waals surface area contributed by atoms with Crippen LogP contribution in [0.15, 0.2) is 47.9 Å². The van der Waals surface area contributed by atoms with Gasteiger partial charge in [0, 0.05) is 12.6 Å². The van der Waals surface area contributed by atoms with Crippen LogP contribution in [0.4, 0.5) is 11.4 Å². The number of hydrogen-bond acceptors (Lipinski definition) is 5. The third kappa shape index (κ3) is 5.36. The fourth-order valence-corrected chi connectivity index (χ4v) is 3.91. The Bertz CT molecular complexity index is 1040. The van der Waals surface area contributed by atoms with Crippen LogP contribution >= 0.6 is 23.4 Å². The Kier molecular flexibility index (Phi) is 6.56. The van der Waals surface area contributed by atoms with Crippen LogP contribution in [0, 0.1) is 13.8 Å². The van der Waals surface area contributed by atoms with E-state index in [9.17, 15) is 9.59 Å². The van der Waals surface area contributed by atoms with Crippen LogP contribution < -0.4 is 10.6 Å². The van der Waals surface area contributed by atoms with Crippen molar-refractivity contribution in [2.75, 3.05) is 16.4 Å². The largest absolute Gasteiger partial charge is 0.326 e. The molecule has 7 nitrogen and oxygen atoms in total. The molecule has 29 heavy (non-hydrogen) atoms. The Balaban J connectivity index is 1.70. The van der Waals surface area contributed by atoms with Crippen molar-refractivity contribution in [3.05, 3.63) is 58.9 Å². The minimum Gasteiger partial charge on any atom is -0.326 e. The summed E-state index contributed by atoms with van der Waals surface area (Å²) in [6, 6.07) is 11.1. The van der Waals surface area contributed by atoms with E-state index in [0.717, 1.165) is 16.8 Å². The van der Waals surface area contributed by atoms with Gasteiger partial charge in [0.2, 0.25) is 11.8 Å². The Morgan fingerprint density at radius 1 is 1.17 bits per heavy atom. The lowest BCUT2D eigenvalue weighted by molar-refractivity contribution is -0.114. The van der Waals surface area contributed by atoms with Crippen molar-refractivity contribution < 1.29 is 9.59 Å². The van der Waals surface area contributed by atoms with E-state index in [1.807, 2.05) is 44.2 Å². The number of amides is 2. The highest BCUT2D eigenvalue weighted by Gasteiger charge is 2.13. The summed E-state index contributed by atoms with van der Waals surface area (Å²) < 4.78 is 1.76. The van der Waals surface area contributed by atoms with Gasteiger partial charge in [0.15, 0.2) is 5.16 Å². The molecule has 0 saturated heterocycles. The fraction of sp³-hybridized carbons (Fsp3) is 0.200. The maximum atomic E-state index is 12.4. The quantitative estimate of drug-likeness (QED) is 0.572. The second-order valence-corrected chi connectivity index (χ2v) is 7.84. The van der Waals surface area contributed by atoms with E-state index < -0.39 is 0 Å². The van der Waals surface area contributed by atoms with Crippen molar-refractivity contribution >= 4 is 46.6 Å². The van der Waals surface area contributed by atoms with Crippen molar-refractivity contribution in [1.29, 1.82) is 0 Å². The number of benzene rings is 2. The van der Waals surface area contributed by atoms with Gasteiger partial charge in [-0.1, -0.05) is 35.5 Å². The van der Waals surface area contributed by atoms with Crippen LogP contribution in [-0.4, -0.2) is 32.3 Å². The van der Waals surface area contributed by atoms with Gasteiger partial charge in [-0.25, -0.2) is 0 Å². The van der Waals surface area contributed by atoms with Crippen molar-refractivity contribution in [1.82, 2.24) is 14.8 Å². The van der Waals surface area contributed by atoms with Crippen LogP contribution in [0.5, 0.6) is 0 Å². The summed E-state index contributed by atoms with van der Waals surface area (Å²) in [6.07, 6.45) is 1.56. The van der Waals surface area contributed by atoms with Crippen LogP contribution in [0.25, 0.3) is 5.69 Å². The zero-order chi connectivity index (χ0) is 21.0. The molecule has 0 radical (unpaired) electrons. The number of rotatable bonds is 6. The monoisotopic (exact) mass is 429 g/mol. The topological polar surface area (TPSA) is 88.9 Å². The summed E-state index contributed by atoms with van der Waals surface area (Å²) in [5.41, 5.74) is 4.01. The highest BCUT2D eigenvalue weighted by Crippen LogP contribution is 2.28. The molecule has 0 spiro atoms. The number of halogens is 1. The zero-order valence-electron chi connectivity index (χ0n) is 16.2. The second-order valence-electron chi connectivity index (χ2n) is 6.49. The SMILES string of the molecule is CC(=O)Nc1cccc(-n2cnnc2SCC(=O)Nc2c(C)cc(C)cc2Cl)c1. The molecule has 2 aromatic carbocycles. The molecule has 9 heteroatoms. The van der Waals surface area contributed by atoms with Crippen molar-refractivity contribution in [2.45, 2.75) is 25.9 Å². The average Bonchev–Trinajstić information content (AvgIpc) is 3.11. The van der Waals surface area contributed by atoms with E-state index in [-0.39, 0.29) is 17.6 Å². The summed E-state index contributed by atoms with van der Waals surface area (Å²) in [7, 11) is 0. The van der Waals surface area contributed by atoms with E-state index >= 15 is 0 Å². The number of hydrogen-bond donors (Lipinski definition) is 2. The first kappa shape index (κ1) is 20.9. The Morgan fingerprint density at radius 2 is 1.97 bits per heavy atom. The first-order valence-electron chi connectivity index (χ1n) is 8.81. The van der Waals surface area contributed by atoms with Gasteiger partial charge in [-0.3, -0.25) is 14.2 Å². The number of carbonyl (C=O) groups is 2. The van der Waals surface area contributed by atoms with Crippen molar-refractivity contribution in [3.8, 4) is 5.69 Å². The summed E-state index contributed by atoms with van der Waals surface area (Å²) in [4.78, 5) is 23.7. The lowest BCUT2D eigenvalue weighted by Crippen LogP contribution is -2.15. The van der Waals surface area contributed by atoms with Crippen LogP contribution in [0.2, 0.25) is 5.02 Å². The normalized spacial score (nSPS) is 10.6. The van der Waals surface area contributed by atoms with E-state index in [4.69, 9.17) is 11.6 Å². The van der Waals surface area contributed by atoms with E-state index in [1.165, 1.54) is 18.7 Å². The van der Waals surface area contributed by atoms with Gasteiger partial charge in [0.25, 0.3) is 0 Å². The molecule has 1 heterocycles. The summed E-state index contributed by atoms with van der Waals surface area (Å²) >= 11 is 7.51. The summed E-state index contributed by atoms with van der Waals surface area (Å²) in [6.45, 7) is 5.31. The molecule has 0 atom stereocenters. The molecule has 0 aliphatic heterocycles. The molecule has 3 rings (SSSR count). The third-order valence-electron chi connectivity index (χ3n) is 3.99. The molecule has 0 saturated carbocycles. The Labute approximate surface area is 177 Å². The molecule has 0 aliphatic carbocycles. The molecule has 0 bridgehead atoms. The molecule has 1 aromatic heterocycles. The lowest BCUT2D eigenvalue weighted by atomic mass is 10.1. The maximum absolute atomic E-state index is 12.4. The van der Waals surface area contributed by atoms with Gasteiger partial charge >= 0.3 is 0 Å².